The average Bonchev–Trinajstić information content (AvgIpc) is 2.24. The van der Waals surface area contributed by atoms with Crippen molar-refractivity contribution < 1.29 is 22.8 Å². The molecule has 7 heteroatoms. The summed E-state index contributed by atoms with van der Waals surface area (Å²) in [4.78, 5) is 0. The number of hydrogen-bond donors (Lipinski definition) is 0. The Morgan fingerprint density at radius 1 is 0.517 bits per heavy atom. The normalized spacial score (nSPS) is 15.7. The lowest BCUT2D eigenvalue weighted by atomic mass is 10.2. The molecule has 176 valence electrons. The van der Waals surface area contributed by atoms with Crippen LogP contribution in [0.4, 0.5) is 0 Å². The Kier molecular flexibility index (Phi) is 9.88. The van der Waals surface area contributed by atoms with Gasteiger partial charge in [0.05, 0.1) is 37.5 Å². The van der Waals surface area contributed by atoms with Crippen LogP contribution in [-0.2, 0) is 22.8 Å². The molecule has 0 aliphatic heterocycles. The Morgan fingerprint density at radius 3 is 1.00 bits per heavy atom. The van der Waals surface area contributed by atoms with Gasteiger partial charge >= 0.3 is 8.80 Å². The van der Waals surface area contributed by atoms with Crippen LogP contribution in [0.15, 0.2) is 0 Å². The summed E-state index contributed by atoms with van der Waals surface area (Å²) in [7, 11) is -3.92. The summed E-state index contributed by atoms with van der Waals surface area (Å²) in [6.45, 7) is 30.9. The lowest BCUT2D eigenvalue weighted by Gasteiger charge is -2.43. The summed E-state index contributed by atoms with van der Waals surface area (Å²) in [6, 6.07) is 0. The Bertz CT molecular complexity index is 431. The first-order valence-corrected chi connectivity index (χ1v) is 14.6. The molecule has 0 aliphatic rings. The highest BCUT2D eigenvalue weighted by Crippen LogP contribution is 2.32. The van der Waals surface area contributed by atoms with Crippen LogP contribution in [0.5, 0.6) is 0 Å². The van der Waals surface area contributed by atoms with E-state index in [1.54, 1.807) is 0 Å². The molecule has 0 rings (SSSR count). The highest BCUT2D eigenvalue weighted by molar-refractivity contribution is 6.71. The van der Waals surface area contributed by atoms with E-state index in [2.05, 4.69) is 104 Å². The summed E-state index contributed by atoms with van der Waals surface area (Å²) >= 11 is 0. The molecule has 0 unspecified atom stereocenters. The van der Waals surface area contributed by atoms with Crippen LogP contribution in [0.2, 0.25) is 5.67 Å². The van der Waals surface area contributed by atoms with Crippen LogP contribution in [0.3, 0.4) is 0 Å². The van der Waals surface area contributed by atoms with Gasteiger partial charge < -0.3 is 22.8 Å². The Hall–Kier alpha value is 0.234. The van der Waals surface area contributed by atoms with Gasteiger partial charge in [-0.3, -0.25) is 0 Å². The standard InChI is InChI=1S/C22H50O5Si2/c1-18(2,3)23-17(24-19(4,5)6)28-16-29(25-20(7,8)9,26-21(10,11)12)27-22(13,14)15/h17H,16,28H2,1-15H3. The Morgan fingerprint density at radius 2 is 0.793 bits per heavy atom. The Labute approximate surface area is 184 Å². The topological polar surface area (TPSA) is 46.2 Å². The molecule has 0 N–H and O–H groups in total. The first-order chi connectivity index (χ1) is 12.4. The van der Waals surface area contributed by atoms with Crippen molar-refractivity contribution in [3.8, 4) is 0 Å². The first-order valence-electron chi connectivity index (χ1n) is 10.9. The molecule has 0 radical (unpaired) electrons. The fraction of sp³-hybridized carbons (Fsp3) is 1.00. The highest BCUT2D eigenvalue weighted by Gasteiger charge is 2.50. The molecule has 0 heterocycles. The second-order valence-corrected chi connectivity index (χ2v) is 18.0. The fourth-order valence-electron chi connectivity index (χ4n) is 2.84. The molecule has 0 aromatic rings. The van der Waals surface area contributed by atoms with Gasteiger partial charge in [-0.05, 0) is 104 Å². The van der Waals surface area contributed by atoms with Crippen LogP contribution in [0.1, 0.15) is 104 Å². The zero-order valence-electron chi connectivity index (χ0n) is 22.0. The minimum atomic E-state index is -3.01. The molecule has 0 saturated heterocycles. The van der Waals surface area contributed by atoms with Gasteiger partial charge in [-0.15, -0.1) is 0 Å². The van der Waals surface area contributed by atoms with E-state index in [0.717, 1.165) is 5.67 Å². The third-order valence-corrected chi connectivity index (χ3v) is 10.2. The molecular formula is C22H50O5Si2. The summed E-state index contributed by atoms with van der Waals surface area (Å²) in [5.41, 5.74) is -0.940. The molecule has 0 bridgehead atoms. The number of ether oxygens (including phenoxy) is 2. The second kappa shape index (κ2) is 9.80. The first kappa shape index (κ1) is 29.2. The van der Waals surface area contributed by atoms with Gasteiger partial charge in [-0.25, -0.2) is 0 Å². The second-order valence-electron chi connectivity index (χ2n) is 12.8. The van der Waals surface area contributed by atoms with Gasteiger partial charge in [0.15, 0.2) is 0 Å². The molecule has 0 amide bonds. The third-order valence-electron chi connectivity index (χ3n) is 3.04. The van der Waals surface area contributed by atoms with Crippen LogP contribution in [-0.4, -0.2) is 52.2 Å². The Balaban J connectivity index is 5.88. The predicted octanol–water partition coefficient (Wildman–Crippen LogP) is 5.41. The molecule has 0 saturated carbocycles. The van der Waals surface area contributed by atoms with E-state index in [-0.39, 0.29) is 33.9 Å². The summed E-state index contributed by atoms with van der Waals surface area (Å²) in [6.07, 6.45) is 0. The third kappa shape index (κ3) is 16.6. The monoisotopic (exact) mass is 450 g/mol. The van der Waals surface area contributed by atoms with E-state index >= 15 is 0 Å². The zero-order valence-corrected chi connectivity index (χ0v) is 24.4. The van der Waals surface area contributed by atoms with E-state index in [1.807, 2.05) is 0 Å². The molecule has 0 aromatic heterocycles. The van der Waals surface area contributed by atoms with Gasteiger partial charge in [-0.2, -0.15) is 0 Å². The predicted molar refractivity (Wildman–Crippen MR) is 127 cm³/mol. The van der Waals surface area contributed by atoms with E-state index < -0.39 is 18.3 Å². The van der Waals surface area contributed by atoms with E-state index in [4.69, 9.17) is 22.8 Å². The van der Waals surface area contributed by atoms with E-state index in [0.29, 0.717) is 0 Å². The molecule has 29 heavy (non-hydrogen) atoms. The van der Waals surface area contributed by atoms with Crippen molar-refractivity contribution in [3.63, 3.8) is 0 Å². The summed E-state index contributed by atoms with van der Waals surface area (Å²) < 4.78 is 32.4. The van der Waals surface area contributed by atoms with Crippen LogP contribution in [0.25, 0.3) is 0 Å². The van der Waals surface area contributed by atoms with Crippen molar-refractivity contribution in [3.05, 3.63) is 0 Å². The van der Waals surface area contributed by atoms with E-state index in [1.165, 1.54) is 0 Å². The molecule has 0 aliphatic carbocycles. The largest absolute Gasteiger partial charge is 0.499 e. The summed E-state index contributed by atoms with van der Waals surface area (Å²) in [5.74, 6) is -0.238. The van der Waals surface area contributed by atoms with Crippen molar-refractivity contribution in [1.82, 2.24) is 0 Å². The minimum absolute atomic E-state index is 0.238. The zero-order chi connectivity index (χ0) is 23.5. The van der Waals surface area contributed by atoms with Gasteiger partial charge in [0.2, 0.25) is 0 Å². The maximum atomic E-state index is 6.61. The molecule has 0 fully saturated rings. The quantitative estimate of drug-likeness (QED) is 0.365. The maximum Gasteiger partial charge on any atom is 0.499 e. The minimum Gasteiger partial charge on any atom is -0.369 e. The van der Waals surface area contributed by atoms with Crippen molar-refractivity contribution in [2.24, 2.45) is 0 Å². The molecule has 0 atom stereocenters. The van der Waals surface area contributed by atoms with Gasteiger partial charge in [-0.1, -0.05) is 0 Å². The number of hydrogen-bond acceptors (Lipinski definition) is 5. The lowest BCUT2D eigenvalue weighted by Crippen LogP contribution is -2.58. The molecule has 0 spiro atoms. The van der Waals surface area contributed by atoms with Gasteiger partial charge in [0, 0.05) is 5.67 Å². The average molecular weight is 451 g/mol. The van der Waals surface area contributed by atoms with Crippen molar-refractivity contribution in [2.75, 3.05) is 0 Å². The SMILES string of the molecule is CC(C)(C)OC(OC(C)(C)C)[SiH2]C[Si](OC(C)(C)C)(OC(C)(C)C)OC(C)(C)C. The van der Waals surface area contributed by atoms with Crippen molar-refractivity contribution in [2.45, 2.75) is 143 Å². The van der Waals surface area contributed by atoms with Gasteiger partial charge in [0.25, 0.3) is 0 Å². The number of rotatable bonds is 8. The summed E-state index contributed by atoms with van der Waals surface area (Å²) in [5, 5.41) is 0. The van der Waals surface area contributed by atoms with E-state index in [9.17, 15) is 0 Å². The lowest BCUT2D eigenvalue weighted by molar-refractivity contribution is -0.193. The fourth-order valence-corrected chi connectivity index (χ4v) is 10.6. The molecule has 5 nitrogen and oxygen atoms in total. The smallest absolute Gasteiger partial charge is 0.369 e. The van der Waals surface area contributed by atoms with Crippen LogP contribution in [0, 0.1) is 0 Å². The van der Waals surface area contributed by atoms with Crippen molar-refractivity contribution >= 4 is 18.3 Å². The van der Waals surface area contributed by atoms with Crippen LogP contribution >= 0.6 is 0 Å². The highest BCUT2D eigenvalue weighted by atomic mass is 28.4. The molecule has 0 aromatic carbocycles. The maximum absolute atomic E-state index is 6.61. The van der Waals surface area contributed by atoms with Crippen LogP contribution < -0.4 is 0 Å². The van der Waals surface area contributed by atoms with Gasteiger partial charge in [0.1, 0.15) is 5.91 Å². The van der Waals surface area contributed by atoms with Crippen molar-refractivity contribution in [1.29, 1.82) is 0 Å². The molecular weight excluding hydrogens is 400 g/mol.